The van der Waals surface area contributed by atoms with Crippen molar-refractivity contribution in [3.05, 3.63) is 130 Å². The van der Waals surface area contributed by atoms with Crippen LogP contribution in [-0.4, -0.2) is 80.7 Å². The SMILES string of the molecule is CC(C)N(CCC(c1ccccc1)c1cc(CCO)ccc1O)C(C)C.CC(C)N(CCC(c1ccccc1)c1cc(CCO)ccc1O)C(C)C.Cl. The molecule has 0 fully saturated rings. The first-order valence-electron chi connectivity index (χ1n) is 19.3. The van der Waals surface area contributed by atoms with Crippen LogP contribution < -0.4 is 0 Å². The number of benzene rings is 4. The van der Waals surface area contributed by atoms with Crippen LogP contribution in [0.4, 0.5) is 0 Å². The molecule has 0 aliphatic heterocycles. The monoisotopic (exact) mass is 746 g/mol. The zero-order valence-corrected chi connectivity index (χ0v) is 34.3. The topological polar surface area (TPSA) is 87.4 Å². The molecule has 6 nitrogen and oxygen atoms in total. The van der Waals surface area contributed by atoms with Crippen LogP contribution in [0, 0.1) is 0 Å². The third-order valence-corrected chi connectivity index (χ3v) is 10.1. The lowest BCUT2D eigenvalue weighted by Crippen LogP contribution is -2.38. The summed E-state index contributed by atoms with van der Waals surface area (Å²) in [4.78, 5) is 4.98. The maximum atomic E-state index is 10.5. The fraction of sp³-hybridized carbons (Fsp3) is 0.478. The molecule has 2 unspecified atom stereocenters. The fourth-order valence-electron chi connectivity index (χ4n) is 7.49. The number of rotatable bonds is 18. The zero-order valence-electron chi connectivity index (χ0n) is 33.5. The maximum Gasteiger partial charge on any atom is 0.119 e. The van der Waals surface area contributed by atoms with Crippen molar-refractivity contribution < 1.29 is 20.4 Å². The van der Waals surface area contributed by atoms with Gasteiger partial charge in [0.05, 0.1) is 0 Å². The predicted octanol–water partition coefficient (Wildman–Crippen LogP) is 9.56. The molecule has 0 saturated heterocycles. The van der Waals surface area contributed by atoms with Gasteiger partial charge in [0.25, 0.3) is 0 Å². The van der Waals surface area contributed by atoms with Gasteiger partial charge in [0, 0.05) is 60.3 Å². The summed E-state index contributed by atoms with van der Waals surface area (Å²) in [6.45, 7) is 20.0. The van der Waals surface area contributed by atoms with E-state index in [1.54, 1.807) is 12.1 Å². The number of aromatic hydroxyl groups is 2. The second-order valence-electron chi connectivity index (χ2n) is 15.1. The van der Waals surface area contributed by atoms with Crippen molar-refractivity contribution in [3.63, 3.8) is 0 Å². The maximum absolute atomic E-state index is 10.5. The number of hydrogen-bond donors (Lipinski definition) is 4. The summed E-state index contributed by atoms with van der Waals surface area (Å²) in [5, 5.41) is 39.6. The molecule has 0 bridgehead atoms. The second kappa shape index (κ2) is 23.4. The molecule has 0 radical (unpaired) electrons. The molecule has 4 aromatic carbocycles. The van der Waals surface area contributed by atoms with Crippen LogP contribution in [-0.2, 0) is 12.8 Å². The first-order chi connectivity index (χ1) is 24.9. The molecule has 4 aromatic rings. The highest BCUT2D eigenvalue weighted by Crippen LogP contribution is 2.36. The molecule has 0 amide bonds. The Balaban J connectivity index is 0.000000360. The van der Waals surface area contributed by atoms with Gasteiger partial charge in [-0.3, -0.25) is 9.80 Å². The molecule has 53 heavy (non-hydrogen) atoms. The van der Waals surface area contributed by atoms with E-state index in [4.69, 9.17) is 0 Å². The Kier molecular flexibility index (Phi) is 20.2. The number of phenols is 2. The number of hydrogen-bond acceptors (Lipinski definition) is 6. The molecular weight excluding hydrogens is 680 g/mol. The molecule has 0 aromatic heterocycles. The highest BCUT2D eigenvalue weighted by atomic mass is 35.5. The predicted molar refractivity (Wildman–Crippen MR) is 225 cm³/mol. The summed E-state index contributed by atoms with van der Waals surface area (Å²) in [5.74, 6) is 0.937. The molecule has 7 heteroatoms. The van der Waals surface area contributed by atoms with Gasteiger partial charge in [0.1, 0.15) is 11.5 Å². The summed E-state index contributed by atoms with van der Waals surface area (Å²) in [6.07, 6.45) is 3.10. The highest BCUT2D eigenvalue weighted by Gasteiger charge is 2.23. The van der Waals surface area contributed by atoms with Crippen LogP contribution in [0.1, 0.15) is 113 Å². The smallest absolute Gasteiger partial charge is 0.119 e. The minimum atomic E-state index is 0. The largest absolute Gasteiger partial charge is 0.508 e. The van der Waals surface area contributed by atoms with Crippen molar-refractivity contribution in [2.45, 2.75) is 117 Å². The number of nitrogens with zero attached hydrogens (tertiary/aromatic N) is 2. The van der Waals surface area contributed by atoms with Crippen molar-refractivity contribution in [1.82, 2.24) is 9.80 Å². The average Bonchev–Trinajstić information content (AvgIpc) is 3.11. The van der Waals surface area contributed by atoms with E-state index in [1.165, 1.54) is 11.1 Å². The number of phenolic OH excluding ortho intramolecular Hbond substituents is 2. The van der Waals surface area contributed by atoms with Gasteiger partial charge >= 0.3 is 0 Å². The van der Waals surface area contributed by atoms with Crippen molar-refractivity contribution in [2.24, 2.45) is 0 Å². The minimum Gasteiger partial charge on any atom is -0.508 e. The van der Waals surface area contributed by atoms with Crippen LogP contribution in [0.5, 0.6) is 11.5 Å². The normalized spacial score (nSPS) is 12.7. The van der Waals surface area contributed by atoms with Gasteiger partial charge < -0.3 is 20.4 Å². The number of aliphatic hydroxyl groups is 2. The van der Waals surface area contributed by atoms with Crippen LogP contribution in [0.15, 0.2) is 97.1 Å². The number of aliphatic hydroxyl groups excluding tert-OH is 2. The molecule has 0 saturated carbocycles. The average molecular weight is 748 g/mol. The lowest BCUT2D eigenvalue weighted by atomic mass is 9.86. The summed E-state index contributed by atoms with van der Waals surface area (Å²) in [7, 11) is 0. The Hall–Kier alpha value is -3.39. The van der Waals surface area contributed by atoms with Gasteiger partial charge in [-0.2, -0.15) is 0 Å². The quantitative estimate of drug-likeness (QED) is 0.0812. The Bertz CT molecular complexity index is 1440. The van der Waals surface area contributed by atoms with Gasteiger partial charge in [-0.15, -0.1) is 12.4 Å². The van der Waals surface area contributed by atoms with Gasteiger partial charge in [0.2, 0.25) is 0 Å². The van der Waals surface area contributed by atoms with E-state index in [1.807, 2.05) is 24.3 Å². The fourth-order valence-corrected chi connectivity index (χ4v) is 7.49. The Labute approximate surface area is 326 Å². The molecule has 292 valence electrons. The van der Waals surface area contributed by atoms with E-state index in [0.717, 1.165) is 48.2 Å². The second-order valence-corrected chi connectivity index (χ2v) is 15.1. The lowest BCUT2D eigenvalue weighted by Gasteiger charge is -2.32. The van der Waals surface area contributed by atoms with E-state index in [-0.39, 0.29) is 37.5 Å². The summed E-state index contributed by atoms with van der Waals surface area (Å²) >= 11 is 0. The minimum absolute atomic E-state index is 0. The van der Waals surface area contributed by atoms with E-state index in [9.17, 15) is 20.4 Å². The Morgan fingerprint density at radius 2 is 0.792 bits per heavy atom. The van der Waals surface area contributed by atoms with Crippen molar-refractivity contribution in [3.8, 4) is 11.5 Å². The molecule has 0 aliphatic rings. The molecule has 2 atom stereocenters. The zero-order chi connectivity index (χ0) is 38.2. The molecular formula is C46H67ClN2O4. The molecule has 0 aliphatic carbocycles. The number of halogens is 1. The molecule has 0 spiro atoms. The van der Waals surface area contributed by atoms with Crippen LogP contribution in [0.25, 0.3) is 0 Å². The third-order valence-electron chi connectivity index (χ3n) is 10.1. The van der Waals surface area contributed by atoms with Gasteiger partial charge in [-0.25, -0.2) is 0 Å². The molecule has 4 rings (SSSR count). The first kappa shape index (κ1) is 45.8. The van der Waals surface area contributed by atoms with Crippen LogP contribution in [0.2, 0.25) is 0 Å². The third kappa shape index (κ3) is 14.1. The summed E-state index contributed by atoms with van der Waals surface area (Å²) < 4.78 is 0. The van der Waals surface area contributed by atoms with Gasteiger partial charge in [-0.05, 0) is 129 Å². The van der Waals surface area contributed by atoms with E-state index in [2.05, 4.69) is 126 Å². The molecule has 0 heterocycles. The Morgan fingerprint density at radius 1 is 0.472 bits per heavy atom. The van der Waals surface area contributed by atoms with E-state index < -0.39 is 0 Å². The van der Waals surface area contributed by atoms with E-state index in [0.29, 0.717) is 48.5 Å². The Morgan fingerprint density at radius 3 is 1.08 bits per heavy atom. The standard InChI is InChI=1S/2C23H33NO2.ClH/c2*1-17(2)24(18(3)4)14-12-21(20-8-6-5-7-9-20)22-16-19(13-15-25)10-11-23(22)26;/h2*5-11,16-18,21,25-26H,12-15H2,1-4H3;1H. The lowest BCUT2D eigenvalue weighted by molar-refractivity contribution is 0.170. The van der Waals surface area contributed by atoms with Gasteiger partial charge in [0.15, 0.2) is 0 Å². The first-order valence-corrected chi connectivity index (χ1v) is 19.3. The van der Waals surface area contributed by atoms with Crippen molar-refractivity contribution in [1.29, 1.82) is 0 Å². The summed E-state index contributed by atoms with van der Waals surface area (Å²) in [6, 6.07) is 34.2. The van der Waals surface area contributed by atoms with Crippen LogP contribution in [0.3, 0.4) is 0 Å². The van der Waals surface area contributed by atoms with E-state index >= 15 is 0 Å². The highest BCUT2D eigenvalue weighted by molar-refractivity contribution is 5.85. The van der Waals surface area contributed by atoms with Crippen molar-refractivity contribution in [2.75, 3.05) is 26.3 Å². The summed E-state index contributed by atoms with van der Waals surface area (Å²) in [5.41, 5.74) is 6.47. The van der Waals surface area contributed by atoms with Gasteiger partial charge in [-0.1, -0.05) is 84.9 Å². The van der Waals surface area contributed by atoms with Crippen molar-refractivity contribution >= 4 is 12.4 Å². The van der Waals surface area contributed by atoms with Crippen LogP contribution >= 0.6 is 12.4 Å². The molecule has 4 N–H and O–H groups in total.